The fourth-order valence-electron chi connectivity index (χ4n) is 9.03. The molecule has 11 rings (SSSR count). The van der Waals surface area contributed by atoms with Gasteiger partial charge in [0.25, 0.3) is 0 Å². The van der Waals surface area contributed by atoms with Crippen molar-refractivity contribution in [2.24, 2.45) is 0 Å². The van der Waals surface area contributed by atoms with Crippen LogP contribution in [-0.2, 0) is 5.41 Å². The number of rotatable bonds is 2. The van der Waals surface area contributed by atoms with E-state index >= 15 is 0 Å². The molecule has 0 aliphatic heterocycles. The van der Waals surface area contributed by atoms with Crippen LogP contribution in [0.15, 0.2) is 133 Å². The molecule has 242 valence electrons. The van der Waals surface area contributed by atoms with Crippen molar-refractivity contribution in [1.29, 1.82) is 0 Å². The van der Waals surface area contributed by atoms with Crippen molar-refractivity contribution < 1.29 is 0 Å². The molecule has 0 fully saturated rings. The molecule has 0 N–H and O–H groups in total. The van der Waals surface area contributed by atoms with Crippen LogP contribution in [0, 0.1) is 13.1 Å². The minimum Gasteiger partial charge on any atom is -0.309 e. The lowest BCUT2D eigenvalue weighted by molar-refractivity contribution is 0.664. The van der Waals surface area contributed by atoms with Crippen LogP contribution in [-0.4, -0.2) is 9.13 Å². The highest BCUT2D eigenvalue weighted by atomic mass is 32.1. The van der Waals surface area contributed by atoms with E-state index in [2.05, 4.69) is 148 Å². The number of aromatic nitrogens is 2. The average Bonchev–Trinajstić information content (AvgIpc) is 3.89. The van der Waals surface area contributed by atoms with Crippen LogP contribution in [0.1, 0.15) is 25.0 Å². The van der Waals surface area contributed by atoms with Crippen LogP contribution >= 0.6 is 11.3 Å². The van der Waals surface area contributed by atoms with Gasteiger partial charge in [0.15, 0.2) is 11.4 Å². The van der Waals surface area contributed by atoms with E-state index < -0.39 is 0 Å². The van der Waals surface area contributed by atoms with Crippen molar-refractivity contribution in [3.63, 3.8) is 0 Å². The van der Waals surface area contributed by atoms with Crippen LogP contribution in [0.25, 0.3) is 96.0 Å². The highest BCUT2D eigenvalue weighted by molar-refractivity contribution is 7.25. The summed E-state index contributed by atoms with van der Waals surface area (Å²) < 4.78 is 7.26. The van der Waals surface area contributed by atoms with Gasteiger partial charge in [-0.2, -0.15) is 0 Å². The Kier molecular flexibility index (Phi) is 5.71. The first-order chi connectivity index (χ1) is 25.4. The molecule has 52 heavy (non-hydrogen) atoms. The molecule has 0 unspecified atom stereocenters. The lowest BCUT2D eigenvalue weighted by Gasteiger charge is -2.23. The number of hydrogen-bond acceptors (Lipinski definition) is 1. The largest absolute Gasteiger partial charge is 0.309 e. The van der Waals surface area contributed by atoms with Gasteiger partial charge >= 0.3 is 0 Å². The highest BCUT2D eigenvalue weighted by Crippen LogP contribution is 2.53. The van der Waals surface area contributed by atoms with Gasteiger partial charge in [-0.15, -0.1) is 11.3 Å². The molecular weight excluding hydrogens is 653 g/mol. The van der Waals surface area contributed by atoms with Crippen LogP contribution in [0.4, 0.5) is 11.4 Å². The van der Waals surface area contributed by atoms with Gasteiger partial charge in [-0.3, -0.25) is 0 Å². The Balaban J connectivity index is 1.19. The van der Waals surface area contributed by atoms with Gasteiger partial charge < -0.3 is 9.13 Å². The Labute approximate surface area is 303 Å². The third-order valence-electron chi connectivity index (χ3n) is 11.3. The molecule has 3 aromatic heterocycles. The molecule has 0 saturated carbocycles. The van der Waals surface area contributed by atoms with Crippen molar-refractivity contribution in [2.45, 2.75) is 19.3 Å². The molecule has 0 bridgehead atoms. The average molecular weight is 681 g/mol. The monoisotopic (exact) mass is 680 g/mol. The minimum absolute atomic E-state index is 0.202. The highest BCUT2D eigenvalue weighted by Gasteiger charge is 2.38. The van der Waals surface area contributed by atoms with Crippen molar-refractivity contribution in [3.8, 4) is 22.5 Å². The van der Waals surface area contributed by atoms with Crippen molar-refractivity contribution in [1.82, 2.24) is 9.13 Å². The van der Waals surface area contributed by atoms with E-state index in [9.17, 15) is 0 Å². The summed E-state index contributed by atoms with van der Waals surface area (Å²) >= 11 is 1.82. The third-order valence-corrected chi connectivity index (χ3v) is 12.4. The fraction of sp³-hybridized carbons (Fsp3) is 0.0638. The smallest absolute Gasteiger partial charge is 0.188 e. The first-order valence-electron chi connectivity index (χ1n) is 17.4. The molecule has 5 heteroatoms. The molecule has 0 atom stereocenters. The molecule has 0 amide bonds. The zero-order valence-corrected chi connectivity index (χ0v) is 29.2. The number of benzene rings is 7. The topological polar surface area (TPSA) is 18.6 Å². The molecule has 0 radical (unpaired) electrons. The summed E-state index contributed by atoms with van der Waals surface area (Å²) in [6, 6.07) is 47.7. The third kappa shape index (κ3) is 3.73. The molecule has 3 heterocycles. The molecule has 10 aromatic rings. The summed E-state index contributed by atoms with van der Waals surface area (Å²) in [5.74, 6) is 0. The lowest BCUT2D eigenvalue weighted by atomic mass is 9.81. The quantitative estimate of drug-likeness (QED) is 0.162. The lowest BCUT2D eigenvalue weighted by Crippen LogP contribution is -2.16. The number of fused-ring (bicyclic) bond motifs is 13. The Morgan fingerprint density at radius 2 is 1.10 bits per heavy atom. The SMILES string of the molecule is [C-]#[N+]c1ccc2c(c1)c1ccccc1n2-c1ccc2sc3ccc(-n4c5ccc([N+]#[C-])cc5c5ccc6c(c54)C(C)(C)c4ccccc4-6)cc3c2c1. The van der Waals surface area contributed by atoms with Gasteiger partial charge in [0, 0.05) is 47.7 Å². The van der Waals surface area contributed by atoms with Crippen LogP contribution < -0.4 is 0 Å². The fourth-order valence-corrected chi connectivity index (χ4v) is 10.1. The Hall–Kier alpha value is -6.66. The Bertz CT molecular complexity index is 3300. The maximum absolute atomic E-state index is 7.80. The number of thiophene rings is 1. The van der Waals surface area contributed by atoms with Crippen LogP contribution in [0.2, 0.25) is 0 Å². The van der Waals surface area contributed by atoms with E-state index in [-0.39, 0.29) is 5.41 Å². The van der Waals surface area contributed by atoms with E-state index in [1.54, 1.807) is 0 Å². The molecule has 1 aliphatic carbocycles. The van der Waals surface area contributed by atoms with Gasteiger partial charge in [-0.25, -0.2) is 9.69 Å². The molecular formula is C47H28N4S. The number of nitrogens with zero attached hydrogens (tertiary/aromatic N) is 4. The normalized spacial score (nSPS) is 13.3. The number of hydrogen-bond donors (Lipinski definition) is 0. The second-order valence-electron chi connectivity index (χ2n) is 14.3. The Morgan fingerprint density at radius 1 is 0.500 bits per heavy atom. The van der Waals surface area contributed by atoms with Crippen molar-refractivity contribution in [2.75, 3.05) is 0 Å². The zero-order chi connectivity index (χ0) is 34.9. The standard InChI is InChI=1S/C47H28N4S/c1-47(2)39-11-7-5-9-31(39)33-17-18-34-36-24-28(49-4)14-20-42(36)51(46(34)45(33)47)30-16-22-44-38(26-30)37-25-29(15-21-43(37)52-44)50-40-12-8-6-10-32(40)35-23-27(48-3)13-19-41(35)50/h5-26H,1-2H3. The maximum Gasteiger partial charge on any atom is 0.188 e. The summed E-state index contributed by atoms with van der Waals surface area (Å²) in [6.07, 6.45) is 0. The molecule has 4 nitrogen and oxygen atoms in total. The summed E-state index contributed by atoms with van der Waals surface area (Å²) in [5.41, 5.74) is 13.1. The molecule has 1 aliphatic rings. The van der Waals surface area contributed by atoms with Gasteiger partial charge in [0.1, 0.15) is 0 Å². The van der Waals surface area contributed by atoms with E-state index in [4.69, 9.17) is 13.1 Å². The van der Waals surface area contributed by atoms with Crippen molar-refractivity contribution in [3.05, 3.63) is 167 Å². The van der Waals surface area contributed by atoms with E-state index in [1.807, 2.05) is 29.5 Å². The second kappa shape index (κ2) is 10.2. The van der Waals surface area contributed by atoms with Crippen LogP contribution in [0.5, 0.6) is 0 Å². The summed E-state index contributed by atoms with van der Waals surface area (Å²) in [5, 5.41) is 6.95. The van der Waals surface area contributed by atoms with Gasteiger partial charge in [-0.05, 0) is 99.8 Å². The van der Waals surface area contributed by atoms with Crippen LogP contribution in [0.3, 0.4) is 0 Å². The zero-order valence-electron chi connectivity index (χ0n) is 28.4. The van der Waals surface area contributed by atoms with E-state index in [0.717, 1.165) is 44.1 Å². The van der Waals surface area contributed by atoms with E-state index in [1.165, 1.54) is 53.3 Å². The molecule has 0 spiro atoms. The second-order valence-corrected chi connectivity index (χ2v) is 15.4. The molecule has 7 aromatic carbocycles. The molecule has 0 saturated heterocycles. The number of para-hydroxylation sites is 1. The van der Waals surface area contributed by atoms with Gasteiger partial charge in [0.2, 0.25) is 0 Å². The predicted molar refractivity (Wildman–Crippen MR) is 218 cm³/mol. The predicted octanol–water partition coefficient (Wildman–Crippen LogP) is 13.7. The summed E-state index contributed by atoms with van der Waals surface area (Å²) in [4.78, 5) is 7.53. The van der Waals surface area contributed by atoms with Gasteiger partial charge in [-0.1, -0.05) is 80.6 Å². The minimum atomic E-state index is -0.202. The van der Waals surface area contributed by atoms with Gasteiger partial charge in [0.05, 0.1) is 35.2 Å². The first-order valence-corrected chi connectivity index (χ1v) is 18.2. The maximum atomic E-state index is 7.80. The van der Waals surface area contributed by atoms with E-state index in [0.29, 0.717) is 11.4 Å². The Morgan fingerprint density at radius 3 is 1.81 bits per heavy atom. The first kappa shape index (κ1) is 29.1. The summed E-state index contributed by atoms with van der Waals surface area (Å²) in [6.45, 7) is 20.1. The van der Waals surface area contributed by atoms with Crippen molar-refractivity contribution >= 4 is 86.5 Å². The summed E-state index contributed by atoms with van der Waals surface area (Å²) in [7, 11) is 0.